The second-order valence-corrected chi connectivity index (χ2v) is 11.0. The molecule has 1 aromatic rings. The topological polar surface area (TPSA) is 200 Å². The van der Waals surface area contributed by atoms with Gasteiger partial charge in [-0.05, 0) is 20.8 Å². The van der Waals surface area contributed by atoms with Gasteiger partial charge in [0.2, 0.25) is 13.4 Å². The highest BCUT2D eigenvalue weighted by Gasteiger charge is 2.54. The average Bonchev–Trinajstić information content (AvgIpc) is 3.24. The number of amides is 2. The first-order chi connectivity index (χ1) is 17.3. The van der Waals surface area contributed by atoms with Crippen LogP contribution in [0.25, 0.3) is 0 Å². The van der Waals surface area contributed by atoms with Crippen LogP contribution < -0.4 is 11.1 Å². The van der Waals surface area contributed by atoms with Crippen molar-refractivity contribution in [3.8, 4) is 0 Å². The van der Waals surface area contributed by atoms with Crippen LogP contribution in [-0.4, -0.2) is 81.0 Å². The molecule has 3 heterocycles. The van der Waals surface area contributed by atoms with Gasteiger partial charge in [0.25, 0.3) is 11.8 Å². The Morgan fingerprint density at radius 1 is 1.32 bits per heavy atom. The number of ether oxygens (including phenoxy) is 2. The van der Waals surface area contributed by atoms with Crippen LogP contribution in [-0.2, 0) is 38.3 Å². The van der Waals surface area contributed by atoms with Crippen molar-refractivity contribution in [1.82, 2.24) is 15.2 Å². The summed E-state index contributed by atoms with van der Waals surface area (Å²) in [5.74, 6) is -4.29. The number of nitrogens with two attached hydrogens (primary N) is 1. The molecule has 0 spiro atoms. The van der Waals surface area contributed by atoms with E-state index in [9.17, 15) is 24.0 Å². The SMILES string of the molecule is CC(C)(C)C(=O)OCOC(=O)C1=C(Cl)CS[C@H]2C(NC(=O)C(=NOCC(=O)O)c3csc(N)n3)C(=O)N12. The van der Waals surface area contributed by atoms with Crippen molar-refractivity contribution in [1.29, 1.82) is 0 Å². The van der Waals surface area contributed by atoms with Crippen LogP contribution in [0.4, 0.5) is 5.13 Å². The van der Waals surface area contributed by atoms with E-state index < -0.39 is 65.7 Å². The van der Waals surface area contributed by atoms with E-state index in [0.29, 0.717) is 0 Å². The zero-order valence-electron chi connectivity index (χ0n) is 19.7. The number of thioether (sulfide) groups is 1. The summed E-state index contributed by atoms with van der Waals surface area (Å²) < 4.78 is 9.89. The van der Waals surface area contributed by atoms with Gasteiger partial charge in [0.05, 0.1) is 10.4 Å². The number of thiazole rings is 1. The summed E-state index contributed by atoms with van der Waals surface area (Å²) in [4.78, 5) is 70.7. The molecule has 2 amide bonds. The number of oxime groups is 1. The fourth-order valence-electron chi connectivity index (χ4n) is 2.96. The quantitative estimate of drug-likeness (QED) is 0.121. The van der Waals surface area contributed by atoms with Crippen molar-refractivity contribution < 1.29 is 43.4 Å². The molecule has 1 saturated heterocycles. The Labute approximate surface area is 223 Å². The predicted octanol–water partition coefficient (Wildman–Crippen LogP) is 0.471. The van der Waals surface area contributed by atoms with E-state index in [4.69, 9.17) is 31.9 Å². The minimum absolute atomic E-state index is 0.0160. The average molecular weight is 576 g/mol. The highest BCUT2D eigenvalue weighted by atomic mass is 35.5. The predicted molar refractivity (Wildman–Crippen MR) is 131 cm³/mol. The van der Waals surface area contributed by atoms with Gasteiger partial charge in [-0.15, -0.1) is 23.1 Å². The zero-order chi connectivity index (χ0) is 27.5. The van der Waals surface area contributed by atoms with E-state index in [1.807, 2.05) is 0 Å². The summed E-state index contributed by atoms with van der Waals surface area (Å²) >= 11 is 8.38. The molecule has 17 heteroatoms. The number of rotatable bonds is 9. The number of hydrogen-bond donors (Lipinski definition) is 3. The first-order valence-corrected chi connectivity index (χ1v) is 12.7. The number of aliphatic carboxylic acids is 1. The monoisotopic (exact) mass is 575 g/mol. The lowest BCUT2D eigenvalue weighted by atomic mass is 9.98. The standard InChI is InChI=1S/C20H22ClN5O9S2/c1-20(2,3)18(32)34-7-33-17(31)13-8(21)5-36-16-12(15(30)26(13)16)24-14(29)11(25-35-4-10(27)28)9-6-37-19(22)23-9/h6,12,16H,4-5,7H2,1-3H3,(H2,22,23)(H,24,29)(H,27,28)/t12?,16-/m0/s1. The van der Waals surface area contributed by atoms with Crippen LogP contribution in [0.15, 0.2) is 21.3 Å². The lowest BCUT2D eigenvalue weighted by Crippen LogP contribution is -2.71. The number of β-lactam (4-membered cyclic amide) rings is 1. The van der Waals surface area contributed by atoms with Gasteiger partial charge in [0.15, 0.2) is 10.8 Å². The van der Waals surface area contributed by atoms with Crippen LogP contribution in [0, 0.1) is 5.41 Å². The fourth-order valence-corrected chi connectivity index (χ4v) is 5.05. The van der Waals surface area contributed by atoms with Crippen LogP contribution in [0.1, 0.15) is 26.5 Å². The van der Waals surface area contributed by atoms with Crippen molar-refractivity contribution in [2.24, 2.45) is 10.6 Å². The second-order valence-electron chi connectivity index (χ2n) is 8.52. The van der Waals surface area contributed by atoms with Crippen LogP contribution >= 0.6 is 34.7 Å². The summed E-state index contributed by atoms with van der Waals surface area (Å²) in [5, 5.41) is 15.6. The Bertz CT molecular complexity index is 1190. The number of anilines is 1. The van der Waals surface area contributed by atoms with Crippen LogP contribution in [0.3, 0.4) is 0 Å². The molecule has 1 aromatic heterocycles. The lowest BCUT2D eigenvalue weighted by molar-refractivity contribution is -0.173. The molecule has 0 aliphatic carbocycles. The molecule has 37 heavy (non-hydrogen) atoms. The number of aromatic nitrogens is 1. The second kappa shape index (κ2) is 11.4. The number of carboxylic acid groups (broad SMARTS) is 1. The van der Waals surface area contributed by atoms with Crippen LogP contribution in [0.2, 0.25) is 0 Å². The normalized spacial score (nSPS) is 19.5. The van der Waals surface area contributed by atoms with Gasteiger partial charge in [-0.3, -0.25) is 19.3 Å². The molecule has 0 aromatic carbocycles. The van der Waals surface area contributed by atoms with E-state index in [0.717, 1.165) is 16.2 Å². The first-order valence-electron chi connectivity index (χ1n) is 10.4. The summed E-state index contributed by atoms with van der Waals surface area (Å²) in [7, 11) is 0. The maximum Gasteiger partial charge on any atom is 0.359 e. The van der Waals surface area contributed by atoms with Crippen molar-refractivity contribution in [3.05, 3.63) is 21.8 Å². The number of halogens is 1. The van der Waals surface area contributed by atoms with Gasteiger partial charge in [-0.1, -0.05) is 16.8 Å². The number of carbonyl (C=O) groups excluding carboxylic acids is 4. The maximum atomic E-state index is 12.9. The third-order valence-electron chi connectivity index (χ3n) is 4.72. The lowest BCUT2D eigenvalue weighted by Gasteiger charge is -2.49. The molecule has 0 saturated carbocycles. The molecular formula is C20H22ClN5O9S2. The number of fused-ring (bicyclic) bond motifs is 1. The van der Waals surface area contributed by atoms with Gasteiger partial charge in [0, 0.05) is 11.1 Å². The molecule has 200 valence electrons. The van der Waals surface area contributed by atoms with E-state index in [2.05, 4.69) is 20.3 Å². The molecule has 14 nitrogen and oxygen atoms in total. The van der Waals surface area contributed by atoms with Gasteiger partial charge in [-0.2, -0.15) is 0 Å². The summed E-state index contributed by atoms with van der Waals surface area (Å²) in [5.41, 5.74) is 4.20. The Balaban J connectivity index is 1.69. The number of nitrogen functional groups attached to an aromatic ring is 1. The number of nitrogens with zero attached hydrogens (tertiary/aromatic N) is 3. The third kappa shape index (κ3) is 6.50. The number of hydrogen-bond acceptors (Lipinski definition) is 13. The zero-order valence-corrected chi connectivity index (χ0v) is 22.1. The fraction of sp³-hybridized carbons (Fsp3) is 0.450. The Morgan fingerprint density at radius 2 is 2.03 bits per heavy atom. The van der Waals surface area contributed by atoms with E-state index in [1.54, 1.807) is 20.8 Å². The number of nitrogens with one attached hydrogen (secondary N) is 1. The third-order valence-corrected chi connectivity index (χ3v) is 7.14. The Kier molecular flexibility index (Phi) is 8.65. The number of esters is 2. The minimum atomic E-state index is -1.32. The van der Waals surface area contributed by atoms with Crippen molar-refractivity contribution >= 4 is 75.3 Å². The summed E-state index contributed by atoms with van der Waals surface area (Å²) in [6.45, 7) is 3.40. The molecule has 2 atom stereocenters. The summed E-state index contributed by atoms with van der Waals surface area (Å²) in [6, 6.07) is -1.08. The molecule has 1 unspecified atom stereocenters. The van der Waals surface area contributed by atoms with Gasteiger partial charge in [0.1, 0.15) is 22.8 Å². The van der Waals surface area contributed by atoms with E-state index in [1.165, 1.54) is 17.1 Å². The van der Waals surface area contributed by atoms with Crippen molar-refractivity contribution in [3.63, 3.8) is 0 Å². The minimum Gasteiger partial charge on any atom is -0.479 e. The molecule has 1 fully saturated rings. The molecule has 2 aliphatic heterocycles. The molecule has 4 N–H and O–H groups in total. The highest BCUT2D eigenvalue weighted by molar-refractivity contribution is 8.00. The molecule has 2 aliphatic rings. The Morgan fingerprint density at radius 3 is 2.62 bits per heavy atom. The van der Waals surface area contributed by atoms with Crippen LogP contribution in [0.5, 0.6) is 0 Å². The van der Waals surface area contributed by atoms with Gasteiger partial charge < -0.3 is 30.5 Å². The Hall–Kier alpha value is -3.37. The molecule has 0 bridgehead atoms. The largest absolute Gasteiger partial charge is 0.479 e. The maximum absolute atomic E-state index is 12.9. The molecular weight excluding hydrogens is 554 g/mol. The number of carbonyl (C=O) groups is 5. The summed E-state index contributed by atoms with van der Waals surface area (Å²) in [6.07, 6.45) is 0. The van der Waals surface area contributed by atoms with E-state index in [-0.39, 0.29) is 27.3 Å². The van der Waals surface area contributed by atoms with Crippen molar-refractivity contribution in [2.75, 3.05) is 24.9 Å². The molecule has 0 radical (unpaired) electrons. The van der Waals surface area contributed by atoms with Crippen molar-refractivity contribution in [2.45, 2.75) is 32.2 Å². The smallest absolute Gasteiger partial charge is 0.359 e. The van der Waals surface area contributed by atoms with Gasteiger partial charge in [-0.25, -0.2) is 14.6 Å². The number of carboxylic acids is 1. The highest BCUT2D eigenvalue weighted by Crippen LogP contribution is 2.41. The first kappa shape index (κ1) is 28.2. The van der Waals surface area contributed by atoms with Gasteiger partial charge >= 0.3 is 17.9 Å². The molecule has 3 rings (SSSR count). The van der Waals surface area contributed by atoms with E-state index >= 15 is 0 Å².